The molecule has 2 rings (SSSR count). The Morgan fingerprint density at radius 3 is 2.94 bits per heavy atom. The Kier molecular flexibility index (Phi) is 3.61. The average molecular weight is 248 g/mol. The second-order valence-electron chi connectivity index (χ2n) is 4.10. The van der Waals surface area contributed by atoms with Crippen molar-refractivity contribution in [3.63, 3.8) is 0 Å². The lowest BCUT2D eigenvalue weighted by atomic mass is 10.2. The van der Waals surface area contributed by atoms with Crippen LogP contribution in [0.15, 0.2) is 24.3 Å². The molecule has 7 nitrogen and oxygen atoms in total. The summed E-state index contributed by atoms with van der Waals surface area (Å²) in [6.45, 7) is 4.55. The number of nitrogens with one attached hydrogen (secondary N) is 1. The largest absolute Gasteiger partial charge is 0.491 e. The van der Waals surface area contributed by atoms with E-state index >= 15 is 0 Å². The number of hydrogen-bond acceptors (Lipinski definition) is 6. The van der Waals surface area contributed by atoms with Crippen LogP contribution in [0.4, 0.5) is 5.95 Å². The third kappa shape index (κ3) is 3.09. The van der Waals surface area contributed by atoms with Gasteiger partial charge in [0.15, 0.2) is 0 Å². The second kappa shape index (κ2) is 5.35. The number of tetrazole rings is 1. The third-order valence-electron chi connectivity index (χ3n) is 2.20. The van der Waals surface area contributed by atoms with Crippen LogP contribution in [0.5, 0.6) is 5.75 Å². The third-order valence-corrected chi connectivity index (χ3v) is 2.20. The van der Waals surface area contributed by atoms with E-state index in [0.717, 1.165) is 11.3 Å². The number of benzene rings is 1. The summed E-state index contributed by atoms with van der Waals surface area (Å²) in [6.07, 6.45) is 0.156. The molecule has 2 aromatic rings. The highest BCUT2D eigenvalue weighted by atomic mass is 16.5. The average Bonchev–Trinajstić information content (AvgIpc) is 2.72. The first-order valence-corrected chi connectivity index (χ1v) is 5.68. The van der Waals surface area contributed by atoms with Crippen molar-refractivity contribution in [3.05, 3.63) is 29.8 Å². The van der Waals surface area contributed by atoms with Crippen LogP contribution < -0.4 is 15.9 Å². The molecular weight excluding hydrogens is 232 g/mol. The Morgan fingerprint density at radius 1 is 1.44 bits per heavy atom. The summed E-state index contributed by atoms with van der Waals surface area (Å²) in [7, 11) is 0. The zero-order valence-corrected chi connectivity index (χ0v) is 10.4. The van der Waals surface area contributed by atoms with E-state index in [1.54, 1.807) is 0 Å². The maximum absolute atomic E-state index is 5.62. The summed E-state index contributed by atoms with van der Waals surface area (Å²) < 4.78 is 5.62. The first-order valence-electron chi connectivity index (χ1n) is 5.68. The zero-order valence-electron chi connectivity index (χ0n) is 10.4. The fourth-order valence-electron chi connectivity index (χ4n) is 1.47. The topological polar surface area (TPSA) is 90.9 Å². The molecule has 0 atom stereocenters. The van der Waals surface area contributed by atoms with E-state index in [2.05, 4.69) is 21.0 Å². The SMILES string of the molecule is CC(C)Oc1cccc(CNn2nnnc2N)c1. The first-order chi connectivity index (χ1) is 8.65. The van der Waals surface area contributed by atoms with Crippen LogP contribution in [-0.4, -0.2) is 26.4 Å². The van der Waals surface area contributed by atoms with Crippen LogP contribution in [0.25, 0.3) is 0 Å². The highest BCUT2D eigenvalue weighted by Gasteiger charge is 2.02. The lowest BCUT2D eigenvalue weighted by molar-refractivity contribution is 0.242. The number of nitrogens with two attached hydrogens (primary N) is 1. The van der Waals surface area contributed by atoms with Crippen molar-refractivity contribution in [2.24, 2.45) is 0 Å². The van der Waals surface area contributed by atoms with Crippen molar-refractivity contribution >= 4 is 5.95 Å². The van der Waals surface area contributed by atoms with E-state index < -0.39 is 0 Å². The molecular formula is C11H16N6O. The van der Waals surface area contributed by atoms with Gasteiger partial charge in [-0.05, 0) is 42.0 Å². The Balaban J connectivity index is 1.99. The molecule has 0 unspecified atom stereocenters. The molecule has 0 fully saturated rings. The second-order valence-corrected chi connectivity index (χ2v) is 4.10. The zero-order chi connectivity index (χ0) is 13.0. The molecule has 0 radical (unpaired) electrons. The molecule has 96 valence electrons. The number of anilines is 1. The van der Waals surface area contributed by atoms with Gasteiger partial charge in [-0.15, -0.1) is 4.79 Å². The number of hydrogen-bond donors (Lipinski definition) is 2. The summed E-state index contributed by atoms with van der Waals surface area (Å²) in [4.78, 5) is 1.33. The van der Waals surface area contributed by atoms with Gasteiger partial charge in [-0.1, -0.05) is 17.2 Å². The highest BCUT2D eigenvalue weighted by Crippen LogP contribution is 2.14. The summed E-state index contributed by atoms with van der Waals surface area (Å²) in [5, 5.41) is 10.7. The molecule has 0 amide bonds. The standard InChI is InChI=1S/C11H16N6O/c1-8(2)18-10-5-3-4-9(6-10)7-13-17-11(12)14-15-16-17/h3-6,8,13H,7H2,1-2H3,(H2,12,14,16). The van der Waals surface area contributed by atoms with E-state index in [0.29, 0.717) is 6.54 Å². The number of nitrogens with zero attached hydrogens (tertiary/aromatic N) is 4. The van der Waals surface area contributed by atoms with Crippen LogP contribution in [0.2, 0.25) is 0 Å². The lowest BCUT2D eigenvalue weighted by Crippen LogP contribution is -2.18. The van der Waals surface area contributed by atoms with Gasteiger partial charge >= 0.3 is 0 Å². The summed E-state index contributed by atoms with van der Waals surface area (Å²) >= 11 is 0. The highest BCUT2D eigenvalue weighted by molar-refractivity contribution is 5.29. The molecule has 1 heterocycles. The predicted molar refractivity (Wildman–Crippen MR) is 67.5 cm³/mol. The van der Waals surface area contributed by atoms with Crippen LogP contribution >= 0.6 is 0 Å². The van der Waals surface area contributed by atoms with E-state index in [-0.39, 0.29) is 12.1 Å². The Hall–Kier alpha value is -2.31. The maximum Gasteiger partial charge on any atom is 0.260 e. The molecule has 0 spiro atoms. The predicted octanol–water partition coefficient (Wildman–Crippen LogP) is 0.786. The van der Waals surface area contributed by atoms with Gasteiger partial charge in [0, 0.05) is 0 Å². The molecule has 0 saturated carbocycles. The molecule has 1 aromatic carbocycles. The number of ether oxygens (including phenoxy) is 1. The minimum absolute atomic E-state index is 0.156. The maximum atomic E-state index is 5.62. The van der Waals surface area contributed by atoms with E-state index in [4.69, 9.17) is 10.5 Å². The van der Waals surface area contributed by atoms with Crippen molar-refractivity contribution < 1.29 is 4.74 Å². The lowest BCUT2D eigenvalue weighted by Gasteiger charge is -2.11. The number of aromatic nitrogens is 4. The van der Waals surface area contributed by atoms with Crippen molar-refractivity contribution in [2.45, 2.75) is 26.5 Å². The van der Waals surface area contributed by atoms with Gasteiger partial charge in [0.25, 0.3) is 5.95 Å². The van der Waals surface area contributed by atoms with E-state index in [9.17, 15) is 0 Å². The minimum atomic E-state index is 0.156. The molecule has 3 N–H and O–H groups in total. The Morgan fingerprint density at radius 2 is 2.28 bits per heavy atom. The van der Waals surface area contributed by atoms with Crippen molar-refractivity contribution in [2.75, 3.05) is 11.2 Å². The van der Waals surface area contributed by atoms with Gasteiger partial charge in [0.05, 0.1) is 12.6 Å². The number of nitrogen functional groups attached to an aromatic ring is 1. The smallest absolute Gasteiger partial charge is 0.260 e. The molecule has 0 saturated heterocycles. The monoisotopic (exact) mass is 248 g/mol. The van der Waals surface area contributed by atoms with E-state index in [1.165, 1.54) is 4.79 Å². The quantitative estimate of drug-likeness (QED) is 0.812. The molecule has 0 aliphatic heterocycles. The molecule has 0 aliphatic rings. The van der Waals surface area contributed by atoms with Gasteiger partial charge in [0.1, 0.15) is 5.75 Å². The van der Waals surface area contributed by atoms with Gasteiger partial charge in [-0.25, -0.2) is 0 Å². The summed E-state index contributed by atoms with van der Waals surface area (Å²) in [5.41, 5.74) is 9.59. The van der Waals surface area contributed by atoms with Crippen molar-refractivity contribution in [1.29, 1.82) is 0 Å². The van der Waals surface area contributed by atoms with Crippen LogP contribution in [0.1, 0.15) is 19.4 Å². The fourth-order valence-corrected chi connectivity index (χ4v) is 1.47. The van der Waals surface area contributed by atoms with Crippen molar-refractivity contribution in [3.8, 4) is 5.75 Å². The van der Waals surface area contributed by atoms with Gasteiger partial charge in [-0.2, -0.15) is 0 Å². The van der Waals surface area contributed by atoms with Crippen molar-refractivity contribution in [1.82, 2.24) is 20.3 Å². The van der Waals surface area contributed by atoms with E-state index in [1.807, 2.05) is 38.1 Å². The van der Waals surface area contributed by atoms with Crippen LogP contribution in [0, 0.1) is 0 Å². The minimum Gasteiger partial charge on any atom is -0.491 e. The molecule has 1 aromatic heterocycles. The van der Waals surface area contributed by atoms with Crippen LogP contribution in [0.3, 0.4) is 0 Å². The molecule has 0 aliphatic carbocycles. The summed E-state index contributed by atoms with van der Waals surface area (Å²) in [6, 6.07) is 7.82. The molecule has 0 bridgehead atoms. The van der Waals surface area contributed by atoms with Crippen LogP contribution in [-0.2, 0) is 6.54 Å². The summed E-state index contributed by atoms with van der Waals surface area (Å²) in [5.74, 6) is 1.07. The molecule has 7 heteroatoms. The Labute approximate surface area is 105 Å². The first kappa shape index (κ1) is 12.2. The van der Waals surface area contributed by atoms with Gasteiger partial charge < -0.3 is 15.9 Å². The fraction of sp³-hybridized carbons (Fsp3) is 0.364. The number of rotatable bonds is 5. The Bertz CT molecular complexity index is 510. The normalized spacial score (nSPS) is 10.6. The van der Waals surface area contributed by atoms with Gasteiger partial charge in [0.2, 0.25) is 0 Å². The van der Waals surface area contributed by atoms with Gasteiger partial charge in [-0.3, -0.25) is 0 Å². The molecule has 18 heavy (non-hydrogen) atoms.